The molecule has 6 nitrogen and oxygen atoms in total. The fourth-order valence-electron chi connectivity index (χ4n) is 2.26. The smallest absolute Gasteiger partial charge is 0.211 e. The van der Waals surface area contributed by atoms with Gasteiger partial charge in [0.15, 0.2) is 11.6 Å². The molecule has 3 heterocycles. The minimum atomic E-state index is 0.202. The molecule has 17 heavy (non-hydrogen) atoms. The lowest BCUT2D eigenvalue weighted by Crippen LogP contribution is -2.27. The Bertz CT molecular complexity index is 564. The van der Waals surface area contributed by atoms with Gasteiger partial charge in [0.2, 0.25) is 5.58 Å². The Labute approximate surface area is 98.6 Å². The molecule has 2 aromatic rings. The lowest BCUT2D eigenvalue weighted by Gasteiger charge is -2.16. The molecular weight excluding hydrogens is 218 g/mol. The zero-order valence-corrected chi connectivity index (χ0v) is 9.68. The van der Waals surface area contributed by atoms with Crippen LogP contribution < -0.4 is 16.4 Å². The largest absolute Gasteiger partial charge is 0.380 e. The molecule has 1 atom stereocenters. The summed E-state index contributed by atoms with van der Waals surface area (Å²) in [5.41, 5.74) is 13.2. The molecule has 1 fully saturated rings. The molecule has 0 aromatic carbocycles. The molecule has 1 aliphatic rings. The number of nitrogen functional groups attached to an aromatic ring is 1. The van der Waals surface area contributed by atoms with Crippen molar-refractivity contribution < 1.29 is 4.52 Å². The first-order valence-corrected chi connectivity index (χ1v) is 5.68. The first-order chi connectivity index (χ1) is 8.15. The van der Waals surface area contributed by atoms with Gasteiger partial charge in [0, 0.05) is 24.8 Å². The summed E-state index contributed by atoms with van der Waals surface area (Å²) < 4.78 is 5.26. The molecule has 0 saturated carbocycles. The van der Waals surface area contributed by atoms with E-state index in [9.17, 15) is 0 Å². The van der Waals surface area contributed by atoms with Gasteiger partial charge in [-0.1, -0.05) is 5.16 Å². The number of nitrogens with two attached hydrogens (primary N) is 2. The Morgan fingerprint density at radius 1 is 1.53 bits per heavy atom. The predicted octanol–water partition coefficient (Wildman–Crippen LogP) is 0.651. The number of hydrogen-bond acceptors (Lipinski definition) is 6. The fraction of sp³-hybridized carbons (Fsp3) is 0.455. The summed E-state index contributed by atoms with van der Waals surface area (Å²) in [5.74, 6) is 1.22. The van der Waals surface area contributed by atoms with Crippen LogP contribution in [-0.4, -0.2) is 29.3 Å². The summed E-state index contributed by atoms with van der Waals surface area (Å²) in [6.45, 7) is 3.63. The van der Waals surface area contributed by atoms with Gasteiger partial charge in [0.05, 0.1) is 5.39 Å². The minimum absolute atomic E-state index is 0.202. The van der Waals surface area contributed by atoms with Crippen LogP contribution in [0, 0.1) is 6.92 Å². The van der Waals surface area contributed by atoms with Gasteiger partial charge in [-0.2, -0.15) is 0 Å². The van der Waals surface area contributed by atoms with Crippen LogP contribution in [0.2, 0.25) is 0 Å². The highest BCUT2D eigenvalue weighted by Gasteiger charge is 2.24. The van der Waals surface area contributed by atoms with Crippen molar-refractivity contribution in [2.24, 2.45) is 5.73 Å². The third-order valence-electron chi connectivity index (χ3n) is 3.12. The highest BCUT2D eigenvalue weighted by atomic mass is 16.5. The van der Waals surface area contributed by atoms with Crippen LogP contribution in [0.25, 0.3) is 11.0 Å². The number of rotatable bonds is 1. The van der Waals surface area contributed by atoms with Gasteiger partial charge in [-0.05, 0) is 19.4 Å². The van der Waals surface area contributed by atoms with Crippen LogP contribution in [0.4, 0.5) is 11.6 Å². The zero-order chi connectivity index (χ0) is 12.0. The molecule has 1 aliphatic heterocycles. The predicted molar refractivity (Wildman–Crippen MR) is 65.8 cm³/mol. The maximum atomic E-state index is 5.91. The fourth-order valence-corrected chi connectivity index (χ4v) is 2.26. The van der Waals surface area contributed by atoms with Crippen LogP contribution in [0.1, 0.15) is 12.1 Å². The number of aromatic nitrogens is 2. The number of anilines is 2. The average Bonchev–Trinajstić information content (AvgIpc) is 2.86. The number of hydrogen-bond donors (Lipinski definition) is 2. The molecule has 1 saturated heterocycles. The lowest BCUT2D eigenvalue weighted by molar-refractivity contribution is 0.459. The lowest BCUT2D eigenvalue weighted by atomic mass is 10.2. The standard InChI is InChI=1S/C11H15N5O/c1-6-4-8-9(17-15-10(8)13)11(14-6)16-3-2-7(12)5-16/h4,7H,2-3,5,12H2,1H3,(H2,13,15). The summed E-state index contributed by atoms with van der Waals surface area (Å²) in [6.07, 6.45) is 0.973. The van der Waals surface area contributed by atoms with Crippen molar-refractivity contribution in [3.8, 4) is 0 Å². The minimum Gasteiger partial charge on any atom is -0.380 e. The van der Waals surface area contributed by atoms with E-state index in [0.29, 0.717) is 11.4 Å². The summed E-state index contributed by atoms with van der Waals surface area (Å²) in [6, 6.07) is 2.09. The maximum absolute atomic E-state index is 5.91. The molecular formula is C11H15N5O. The average molecular weight is 233 g/mol. The van der Waals surface area contributed by atoms with Crippen molar-refractivity contribution in [2.45, 2.75) is 19.4 Å². The van der Waals surface area contributed by atoms with E-state index in [1.807, 2.05) is 13.0 Å². The number of aryl methyl sites for hydroxylation is 1. The van der Waals surface area contributed by atoms with Gasteiger partial charge < -0.3 is 20.9 Å². The van der Waals surface area contributed by atoms with Crippen molar-refractivity contribution >= 4 is 22.6 Å². The molecule has 1 unspecified atom stereocenters. The van der Waals surface area contributed by atoms with E-state index in [1.54, 1.807) is 0 Å². The van der Waals surface area contributed by atoms with Gasteiger partial charge in [-0.15, -0.1) is 0 Å². The second-order valence-corrected chi connectivity index (χ2v) is 4.53. The Morgan fingerprint density at radius 3 is 3.06 bits per heavy atom. The van der Waals surface area contributed by atoms with Crippen molar-refractivity contribution in [1.29, 1.82) is 0 Å². The van der Waals surface area contributed by atoms with Crippen molar-refractivity contribution in [2.75, 3.05) is 23.7 Å². The zero-order valence-electron chi connectivity index (χ0n) is 9.68. The van der Waals surface area contributed by atoms with Gasteiger partial charge in [-0.3, -0.25) is 0 Å². The maximum Gasteiger partial charge on any atom is 0.211 e. The second-order valence-electron chi connectivity index (χ2n) is 4.53. The third kappa shape index (κ3) is 1.61. The SMILES string of the molecule is Cc1cc2c(N)noc2c(N2CCC(N)C2)n1. The highest BCUT2D eigenvalue weighted by molar-refractivity contribution is 5.94. The Hall–Kier alpha value is -1.82. The Kier molecular flexibility index (Phi) is 2.19. The molecule has 3 rings (SSSR count). The van der Waals surface area contributed by atoms with Crippen LogP contribution >= 0.6 is 0 Å². The van der Waals surface area contributed by atoms with Crippen molar-refractivity contribution in [3.05, 3.63) is 11.8 Å². The van der Waals surface area contributed by atoms with E-state index in [-0.39, 0.29) is 6.04 Å². The third-order valence-corrected chi connectivity index (χ3v) is 3.12. The van der Waals surface area contributed by atoms with Crippen molar-refractivity contribution in [3.63, 3.8) is 0 Å². The molecule has 2 aromatic heterocycles. The Balaban J connectivity index is 2.15. The topological polar surface area (TPSA) is 94.2 Å². The molecule has 0 aliphatic carbocycles. The van der Waals surface area contributed by atoms with E-state index in [2.05, 4.69) is 15.0 Å². The molecule has 6 heteroatoms. The first-order valence-electron chi connectivity index (χ1n) is 5.68. The van der Waals surface area contributed by atoms with Gasteiger partial charge >= 0.3 is 0 Å². The summed E-state index contributed by atoms with van der Waals surface area (Å²) in [7, 11) is 0. The summed E-state index contributed by atoms with van der Waals surface area (Å²) in [5, 5.41) is 4.62. The normalized spacial score (nSPS) is 20.4. The van der Waals surface area contributed by atoms with E-state index in [4.69, 9.17) is 16.0 Å². The second kappa shape index (κ2) is 3.59. The molecule has 0 spiro atoms. The molecule has 90 valence electrons. The van der Waals surface area contributed by atoms with Crippen LogP contribution in [0.5, 0.6) is 0 Å². The van der Waals surface area contributed by atoms with Gasteiger partial charge in [0.1, 0.15) is 0 Å². The van der Waals surface area contributed by atoms with Crippen LogP contribution in [0.15, 0.2) is 10.6 Å². The number of nitrogens with zero attached hydrogens (tertiary/aromatic N) is 3. The monoisotopic (exact) mass is 233 g/mol. The van der Waals surface area contributed by atoms with Crippen molar-refractivity contribution in [1.82, 2.24) is 10.1 Å². The van der Waals surface area contributed by atoms with E-state index >= 15 is 0 Å². The number of fused-ring (bicyclic) bond motifs is 1. The quantitative estimate of drug-likeness (QED) is 0.751. The molecule has 4 N–H and O–H groups in total. The van der Waals surface area contributed by atoms with Crippen LogP contribution in [0.3, 0.4) is 0 Å². The first kappa shape index (κ1) is 10.3. The molecule has 0 amide bonds. The van der Waals surface area contributed by atoms with E-state index in [0.717, 1.165) is 36.4 Å². The summed E-state index contributed by atoms with van der Waals surface area (Å²) in [4.78, 5) is 6.64. The highest BCUT2D eigenvalue weighted by Crippen LogP contribution is 2.30. The summed E-state index contributed by atoms with van der Waals surface area (Å²) >= 11 is 0. The van der Waals surface area contributed by atoms with E-state index in [1.165, 1.54) is 0 Å². The Morgan fingerprint density at radius 2 is 2.35 bits per heavy atom. The number of pyridine rings is 1. The van der Waals surface area contributed by atoms with Gasteiger partial charge in [-0.25, -0.2) is 4.98 Å². The van der Waals surface area contributed by atoms with Crippen LogP contribution in [-0.2, 0) is 0 Å². The van der Waals surface area contributed by atoms with Gasteiger partial charge in [0.25, 0.3) is 0 Å². The van der Waals surface area contributed by atoms with E-state index < -0.39 is 0 Å². The molecule has 0 bridgehead atoms. The molecule has 0 radical (unpaired) electrons.